The summed E-state index contributed by atoms with van der Waals surface area (Å²) in [6, 6.07) is 6.87. The fourth-order valence-corrected chi connectivity index (χ4v) is 6.11. The van der Waals surface area contributed by atoms with Crippen LogP contribution in [-0.4, -0.2) is 25.1 Å². The van der Waals surface area contributed by atoms with Crippen molar-refractivity contribution in [2.24, 2.45) is 5.92 Å². The van der Waals surface area contributed by atoms with Crippen LogP contribution in [0.25, 0.3) is 22.5 Å². The third-order valence-corrected chi connectivity index (χ3v) is 7.97. The van der Waals surface area contributed by atoms with Crippen LogP contribution in [0.4, 0.5) is 5.00 Å². The highest BCUT2D eigenvalue weighted by molar-refractivity contribution is 7.17. The first-order valence-corrected chi connectivity index (χ1v) is 13.4. The summed E-state index contributed by atoms with van der Waals surface area (Å²) >= 11 is 1.40. The van der Waals surface area contributed by atoms with Crippen molar-refractivity contribution in [3.63, 3.8) is 0 Å². The van der Waals surface area contributed by atoms with Gasteiger partial charge >= 0.3 is 5.97 Å². The molecule has 4 aromatic rings. The number of anilines is 1. The molecule has 0 aliphatic heterocycles. The lowest BCUT2D eigenvalue weighted by Gasteiger charge is -2.18. The number of benzene rings is 1. The van der Waals surface area contributed by atoms with Gasteiger partial charge in [0.15, 0.2) is 12.4 Å². The topological polar surface area (TPSA) is 108 Å². The number of thiophene rings is 1. The number of ether oxygens (including phenoxy) is 2. The van der Waals surface area contributed by atoms with Crippen LogP contribution in [0.5, 0.6) is 5.75 Å². The first-order chi connectivity index (χ1) is 18.3. The zero-order valence-electron chi connectivity index (χ0n) is 21.8. The fourth-order valence-electron chi connectivity index (χ4n) is 4.69. The lowest BCUT2D eigenvalue weighted by Crippen LogP contribution is -2.23. The zero-order chi connectivity index (χ0) is 27.0. The molecule has 1 aliphatic rings. The van der Waals surface area contributed by atoms with E-state index in [2.05, 4.69) is 12.2 Å². The SMILES string of the molecule is CCOC(=O)c1c(NC(=O)COc2c(-c3ccco3)oc3cc(C)c(C)cc3c2=O)sc2c1CCC(C)C2. The first-order valence-electron chi connectivity index (χ1n) is 12.6. The van der Waals surface area contributed by atoms with E-state index < -0.39 is 23.9 Å². The minimum Gasteiger partial charge on any atom is -0.476 e. The van der Waals surface area contributed by atoms with Gasteiger partial charge in [0.2, 0.25) is 16.9 Å². The van der Waals surface area contributed by atoms with Crippen LogP contribution in [0, 0.1) is 19.8 Å². The van der Waals surface area contributed by atoms with Crippen LogP contribution in [-0.2, 0) is 22.4 Å². The van der Waals surface area contributed by atoms with Crippen LogP contribution in [0.1, 0.15) is 52.2 Å². The van der Waals surface area contributed by atoms with E-state index in [1.165, 1.54) is 17.6 Å². The van der Waals surface area contributed by atoms with Gasteiger partial charge in [0.1, 0.15) is 10.6 Å². The molecule has 1 aliphatic carbocycles. The van der Waals surface area contributed by atoms with Crippen molar-refractivity contribution in [1.29, 1.82) is 0 Å². The van der Waals surface area contributed by atoms with E-state index in [-0.39, 0.29) is 18.1 Å². The minimum absolute atomic E-state index is 0.108. The van der Waals surface area contributed by atoms with Crippen LogP contribution >= 0.6 is 11.3 Å². The predicted molar refractivity (Wildman–Crippen MR) is 145 cm³/mol. The number of rotatable bonds is 7. The van der Waals surface area contributed by atoms with Crippen LogP contribution in [0.2, 0.25) is 0 Å². The Balaban J connectivity index is 1.45. The summed E-state index contributed by atoms with van der Waals surface area (Å²) in [5.74, 6) is -0.152. The second-order valence-electron chi connectivity index (χ2n) is 9.61. The monoisotopic (exact) mass is 535 g/mol. The summed E-state index contributed by atoms with van der Waals surface area (Å²) in [6.07, 6.45) is 4.05. The molecule has 5 rings (SSSR count). The Morgan fingerprint density at radius 1 is 1.21 bits per heavy atom. The highest BCUT2D eigenvalue weighted by atomic mass is 32.1. The van der Waals surface area contributed by atoms with Crippen molar-refractivity contribution in [2.75, 3.05) is 18.5 Å². The Bertz CT molecular complexity index is 1580. The van der Waals surface area contributed by atoms with E-state index in [0.29, 0.717) is 33.2 Å². The summed E-state index contributed by atoms with van der Waals surface area (Å²) in [7, 11) is 0. The summed E-state index contributed by atoms with van der Waals surface area (Å²) in [5, 5.41) is 3.61. The molecule has 3 aromatic heterocycles. The van der Waals surface area contributed by atoms with Crippen LogP contribution < -0.4 is 15.5 Å². The average molecular weight is 536 g/mol. The van der Waals surface area contributed by atoms with Crippen molar-refractivity contribution in [2.45, 2.75) is 47.0 Å². The molecule has 0 spiro atoms. The highest BCUT2D eigenvalue weighted by Gasteiger charge is 2.29. The molecule has 0 saturated heterocycles. The molecule has 1 atom stereocenters. The number of hydrogen-bond donors (Lipinski definition) is 1. The Hall–Kier alpha value is -3.85. The quantitative estimate of drug-likeness (QED) is 0.287. The van der Waals surface area contributed by atoms with Gasteiger partial charge in [-0.15, -0.1) is 11.3 Å². The second-order valence-corrected chi connectivity index (χ2v) is 10.7. The molecular formula is C29H29NO7S. The fraction of sp³-hybridized carbons (Fsp3) is 0.345. The normalized spacial score (nSPS) is 14.8. The second kappa shape index (κ2) is 10.5. The average Bonchev–Trinajstić information content (AvgIpc) is 3.52. The Labute approximate surface area is 223 Å². The number of carbonyl (C=O) groups excluding carboxylic acids is 2. The molecule has 0 fully saturated rings. The summed E-state index contributed by atoms with van der Waals surface area (Å²) < 4.78 is 22.6. The standard InChI is InChI=1S/C29H29NO7S/c1-5-34-29(33)24-18-9-8-15(2)11-22(18)38-28(24)30-23(31)14-36-27-25(32)19-12-16(3)17(4)13-21(19)37-26(27)20-7-6-10-35-20/h6-7,10,12-13,15H,5,8-9,11,14H2,1-4H3,(H,30,31). The lowest BCUT2D eigenvalue weighted by molar-refractivity contribution is -0.118. The maximum atomic E-state index is 13.4. The predicted octanol–water partition coefficient (Wildman–Crippen LogP) is 6.05. The largest absolute Gasteiger partial charge is 0.476 e. The van der Waals surface area contributed by atoms with E-state index in [1.54, 1.807) is 31.2 Å². The van der Waals surface area contributed by atoms with Gasteiger partial charge in [-0.25, -0.2) is 4.79 Å². The smallest absolute Gasteiger partial charge is 0.341 e. The van der Waals surface area contributed by atoms with E-state index in [9.17, 15) is 14.4 Å². The first kappa shape index (κ1) is 25.8. The number of fused-ring (bicyclic) bond motifs is 2. The number of amides is 1. The van der Waals surface area contributed by atoms with Crippen molar-refractivity contribution < 1.29 is 27.9 Å². The van der Waals surface area contributed by atoms with E-state index in [4.69, 9.17) is 18.3 Å². The molecule has 1 aromatic carbocycles. The number of aryl methyl sites for hydroxylation is 2. The number of furan rings is 1. The Morgan fingerprint density at radius 3 is 2.74 bits per heavy atom. The maximum absolute atomic E-state index is 13.4. The molecule has 198 valence electrons. The molecule has 1 unspecified atom stereocenters. The molecule has 1 amide bonds. The molecule has 9 heteroatoms. The third kappa shape index (κ3) is 4.86. The molecule has 38 heavy (non-hydrogen) atoms. The Morgan fingerprint density at radius 2 is 2.00 bits per heavy atom. The molecular weight excluding hydrogens is 506 g/mol. The number of hydrogen-bond acceptors (Lipinski definition) is 8. The van der Waals surface area contributed by atoms with Crippen molar-refractivity contribution in [1.82, 2.24) is 0 Å². The zero-order valence-corrected chi connectivity index (χ0v) is 22.6. The van der Waals surface area contributed by atoms with E-state index >= 15 is 0 Å². The summed E-state index contributed by atoms with van der Waals surface area (Å²) in [6.45, 7) is 7.54. The van der Waals surface area contributed by atoms with E-state index in [0.717, 1.165) is 40.8 Å². The van der Waals surface area contributed by atoms with Gasteiger partial charge in [-0.3, -0.25) is 9.59 Å². The van der Waals surface area contributed by atoms with Gasteiger partial charge in [-0.1, -0.05) is 6.92 Å². The van der Waals surface area contributed by atoms with Gasteiger partial charge in [-0.05, 0) is 86.9 Å². The van der Waals surface area contributed by atoms with E-state index in [1.807, 2.05) is 13.8 Å². The van der Waals surface area contributed by atoms with Crippen LogP contribution in [0.3, 0.4) is 0 Å². The number of esters is 1. The van der Waals surface area contributed by atoms with Gasteiger partial charge in [0.25, 0.3) is 5.91 Å². The molecule has 0 radical (unpaired) electrons. The molecule has 0 bridgehead atoms. The van der Waals surface area contributed by atoms with Gasteiger partial charge in [0, 0.05) is 4.88 Å². The van der Waals surface area contributed by atoms with Gasteiger partial charge in [0.05, 0.1) is 23.8 Å². The molecule has 0 saturated carbocycles. The van der Waals surface area contributed by atoms with Gasteiger partial charge < -0.3 is 23.6 Å². The Kier molecular flexibility index (Phi) is 7.12. The minimum atomic E-state index is -0.507. The van der Waals surface area contributed by atoms with Crippen molar-refractivity contribution >= 4 is 39.2 Å². The third-order valence-electron chi connectivity index (χ3n) is 6.80. The van der Waals surface area contributed by atoms with Crippen LogP contribution in [0.15, 0.2) is 44.2 Å². The molecule has 3 heterocycles. The maximum Gasteiger partial charge on any atom is 0.341 e. The van der Waals surface area contributed by atoms with Gasteiger partial charge in [-0.2, -0.15) is 0 Å². The molecule has 8 nitrogen and oxygen atoms in total. The summed E-state index contributed by atoms with van der Waals surface area (Å²) in [4.78, 5) is 40.3. The number of nitrogens with one attached hydrogen (secondary N) is 1. The highest BCUT2D eigenvalue weighted by Crippen LogP contribution is 2.40. The summed E-state index contributed by atoms with van der Waals surface area (Å²) in [5.41, 5.74) is 3.27. The number of carbonyl (C=O) groups is 2. The van der Waals surface area contributed by atoms with Crippen molar-refractivity contribution in [3.05, 3.63) is 67.9 Å². The molecule has 1 N–H and O–H groups in total. The van der Waals surface area contributed by atoms with Crippen molar-refractivity contribution in [3.8, 4) is 17.3 Å². The lowest BCUT2D eigenvalue weighted by atomic mass is 9.88.